The summed E-state index contributed by atoms with van der Waals surface area (Å²) in [6, 6.07) is 14.9. The number of aromatic amines is 1. The van der Waals surface area contributed by atoms with Gasteiger partial charge in [0.2, 0.25) is 5.91 Å². The Balaban J connectivity index is 1.45. The van der Waals surface area contributed by atoms with E-state index >= 15 is 0 Å². The number of nitrogens with one attached hydrogen (secondary N) is 5. The van der Waals surface area contributed by atoms with Gasteiger partial charge in [-0.05, 0) is 98.4 Å². The molecule has 28 nitrogen and oxygen atoms in total. The number of nitrogens with zero attached hydrogens (tertiary/aromatic N) is 7. The van der Waals surface area contributed by atoms with Crippen molar-refractivity contribution in [1.29, 1.82) is 5.41 Å². The van der Waals surface area contributed by atoms with Crippen LogP contribution in [0.15, 0.2) is 48.5 Å². The number of carbonyl (C=O) groups is 3. The van der Waals surface area contributed by atoms with Gasteiger partial charge in [-0.3, -0.25) is 25.2 Å². The predicted octanol–water partition coefficient (Wildman–Crippen LogP) is -1.88. The number of halogens is 1. The summed E-state index contributed by atoms with van der Waals surface area (Å²) in [5.74, 6) is -1.50. The molecule has 0 aliphatic heterocycles. The molecule has 4 rings (SSSR count). The number of guanidine groups is 1. The Bertz CT molecular complexity index is 2470. The highest BCUT2D eigenvalue weighted by Gasteiger charge is 2.36. The Morgan fingerprint density at radius 2 is 1.25 bits per heavy atom. The first-order valence-corrected chi connectivity index (χ1v) is 26.1. The van der Waals surface area contributed by atoms with Crippen LogP contribution in [0.5, 0.6) is 0 Å². The van der Waals surface area contributed by atoms with Crippen molar-refractivity contribution in [1.82, 2.24) is 56.3 Å². The number of nitrogens with two attached hydrogens (primary N) is 2. The lowest BCUT2D eigenvalue weighted by Gasteiger charge is -2.36. The number of anilines is 2. The van der Waals surface area contributed by atoms with E-state index in [-0.39, 0.29) is 79.1 Å². The molecule has 0 aliphatic carbocycles. The number of rotatable bonds is 32. The van der Waals surface area contributed by atoms with E-state index in [4.69, 9.17) is 33.2 Å². The van der Waals surface area contributed by atoms with Crippen molar-refractivity contribution >= 4 is 47.1 Å². The Kier molecular flexibility index (Phi) is 26.5. The number of hydrogen-bond acceptors (Lipinski definition) is 23. The number of aryl methyl sites for hydroxylation is 2. The molecule has 2 heterocycles. The van der Waals surface area contributed by atoms with E-state index < -0.39 is 98.8 Å². The second-order valence-corrected chi connectivity index (χ2v) is 20.3. The SMILES string of the molecule is CC(C)(C)OC(=O)NCCCC[C@@H](c1nnn[nH]1)N(CCN(C[C@H](O)[C@@H](O)[C@H](O)[C@H](O)CO)C[C@H](O)[C@@H](O)[C@H](O)[C@H](O)CO)C(=O)CCc1ccc(-c2ccc(CCCCNC(=N)NC(=O)c3nc(Cl)c(N)nc3N)cc2)cc1. The maximum atomic E-state index is 14.6. The molecule has 4 aromatic rings. The van der Waals surface area contributed by atoms with Crippen molar-refractivity contribution in [3.05, 3.63) is 76.3 Å². The molecular weight excluding hydrogens is 1060 g/mol. The van der Waals surface area contributed by atoms with E-state index in [0.29, 0.717) is 25.8 Å². The average Bonchev–Trinajstić information content (AvgIpc) is 3.96. The van der Waals surface area contributed by atoms with Crippen LogP contribution in [0, 0.1) is 5.41 Å². The smallest absolute Gasteiger partial charge is 0.407 e. The number of unbranched alkanes of at least 4 members (excludes halogenated alkanes) is 2. The summed E-state index contributed by atoms with van der Waals surface area (Å²) in [5.41, 5.74) is 14.1. The standard InChI is InChI=1S/C50H77ClN14O14/c1-50(2,3)79-49(78)56-21-7-5-9-32(46-60-62-63-61-46)65(23-22-64(24-33(68)39(73)41(75)35(70)26-66)25-34(69)40(74)42(76)36(71)27-67)37(72)19-14-29-12-17-31(18-13-29)30-15-10-28(11-16-30)8-4-6-20-55-48(54)59-47(77)38-44(52)58-45(53)43(51)57-38/h10-13,15-18,32-36,39-42,66-71,73-76H,4-9,14,19-27H2,1-3H3,(H,56,78)(H4,52,53,58)(H3,54,55,59,77)(H,60,61,62,63)/t32-,33-,34-,35+,36+,39+,40+,41+,42+/m0/s1. The van der Waals surface area contributed by atoms with E-state index in [1.807, 2.05) is 48.5 Å². The largest absolute Gasteiger partial charge is 0.444 e. The number of aliphatic hydroxyl groups excluding tert-OH is 10. The summed E-state index contributed by atoms with van der Waals surface area (Å²) in [4.78, 5) is 49.8. The van der Waals surface area contributed by atoms with Crippen LogP contribution in [0.25, 0.3) is 11.1 Å². The first-order chi connectivity index (χ1) is 37.4. The highest BCUT2D eigenvalue weighted by Crippen LogP contribution is 2.27. The quantitative estimate of drug-likeness (QED) is 0.0145. The zero-order valence-corrected chi connectivity index (χ0v) is 45.2. The molecular formula is C50H77ClN14O14. The number of alkyl carbamates (subject to hydrolysis) is 1. The first kappa shape index (κ1) is 65.2. The van der Waals surface area contributed by atoms with E-state index in [1.54, 1.807) is 20.8 Å². The lowest BCUT2D eigenvalue weighted by molar-refractivity contribution is -0.136. The van der Waals surface area contributed by atoms with Crippen LogP contribution in [0.1, 0.15) is 92.8 Å². The molecule has 79 heavy (non-hydrogen) atoms. The second-order valence-electron chi connectivity index (χ2n) is 19.9. The number of aliphatic hydroxyl groups is 10. The number of benzene rings is 2. The molecule has 19 N–H and O–H groups in total. The molecule has 2 aromatic carbocycles. The van der Waals surface area contributed by atoms with Crippen LogP contribution in [-0.2, 0) is 22.4 Å². The molecule has 0 saturated carbocycles. The van der Waals surface area contributed by atoms with Crippen molar-refractivity contribution in [3.63, 3.8) is 0 Å². The van der Waals surface area contributed by atoms with Gasteiger partial charge >= 0.3 is 6.09 Å². The number of tetrazole rings is 1. The zero-order chi connectivity index (χ0) is 58.4. The van der Waals surface area contributed by atoms with Gasteiger partial charge in [-0.1, -0.05) is 60.1 Å². The maximum absolute atomic E-state index is 14.6. The van der Waals surface area contributed by atoms with Crippen molar-refractivity contribution in [3.8, 4) is 11.1 Å². The molecule has 0 aliphatic rings. The minimum atomic E-state index is -2.03. The maximum Gasteiger partial charge on any atom is 0.407 e. The van der Waals surface area contributed by atoms with Crippen molar-refractivity contribution in [2.24, 2.45) is 0 Å². The molecule has 2 aromatic heterocycles. The molecule has 9 atom stereocenters. The number of ether oxygens (including phenoxy) is 1. The van der Waals surface area contributed by atoms with Gasteiger partial charge in [0.15, 0.2) is 34.3 Å². The number of aromatic nitrogens is 6. The molecule has 0 unspecified atom stereocenters. The fourth-order valence-electron chi connectivity index (χ4n) is 8.16. The number of hydrogen-bond donors (Lipinski definition) is 17. The highest BCUT2D eigenvalue weighted by molar-refractivity contribution is 6.31. The van der Waals surface area contributed by atoms with Gasteiger partial charge in [0, 0.05) is 45.7 Å². The third kappa shape index (κ3) is 21.4. The number of carbonyl (C=O) groups excluding carboxylic acids is 3. The molecule has 0 spiro atoms. The molecule has 0 fully saturated rings. The summed E-state index contributed by atoms with van der Waals surface area (Å²) >= 11 is 5.85. The van der Waals surface area contributed by atoms with Crippen LogP contribution in [0.2, 0.25) is 5.15 Å². The fraction of sp³-hybridized carbons (Fsp3) is 0.580. The Hall–Kier alpha value is -6.28. The summed E-state index contributed by atoms with van der Waals surface area (Å²) in [6.45, 7) is 2.47. The first-order valence-electron chi connectivity index (χ1n) is 25.7. The number of amides is 3. The molecule has 0 saturated heterocycles. The monoisotopic (exact) mass is 1130 g/mol. The summed E-state index contributed by atoms with van der Waals surface area (Å²) in [6.07, 6.45) is -12.4. The van der Waals surface area contributed by atoms with Gasteiger partial charge in [0.05, 0.1) is 31.5 Å². The second kappa shape index (κ2) is 32.1. The van der Waals surface area contributed by atoms with Gasteiger partial charge < -0.3 is 82.8 Å². The summed E-state index contributed by atoms with van der Waals surface area (Å²) in [5, 5.41) is 133. The summed E-state index contributed by atoms with van der Waals surface area (Å²) < 4.78 is 5.33. The fourth-order valence-corrected chi connectivity index (χ4v) is 8.29. The average molecular weight is 1130 g/mol. The molecule has 3 amide bonds. The predicted molar refractivity (Wildman–Crippen MR) is 288 cm³/mol. The van der Waals surface area contributed by atoms with Crippen molar-refractivity contribution in [2.75, 3.05) is 63.9 Å². The Morgan fingerprint density at radius 3 is 1.78 bits per heavy atom. The molecule has 0 radical (unpaired) electrons. The van der Waals surface area contributed by atoms with Crippen molar-refractivity contribution in [2.45, 2.75) is 133 Å². The van der Waals surface area contributed by atoms with E-state index in [9.17, 15) is 65.4 Å². The van der Waals surface area contributed by atoms with E-state index in [0.717, 1.165) is 35.1 Å². The molecule has 0 bridgehead atoms. The van der Waals surface area contributed by atoms with E-state index in [2.05, 4.69) is 46.5 Å². The van der Waals surface area contributed by atoms with Crippen LogP contribution >= 0.6 is 11.6 Å². The van der Waals surface area contributed by atoms with Gasteiger partial charge in [0.25, 0.3) is 5.91 Å². The third-order valence-electron chi connectivity index (χ3n) is 12.6. The zero-order valence-electron chi connectivity index (χ0n) is 44.4. The highest BCUT2D eigenvalue weighted by atomic mass is 35.5. The van der Waals surface area contributed by atoms with Crippen LogP contribution in [-0.4, -0.2) is 222 Å². The number of nitrogen functional groups attached to an aromatic ring is 2. The van der Waals surface area contributed by atoms with Crippen molar-refractivity contribution < 1.29 is 70.2 Å². The normalized spacial score (nSPS) is 15.2. The lowest BCUT2D eigenvalue weighted by atomic mass is 9.99. The van der Waals surface area contributed by atoms with Gasteiger partial charge in [-0.15, -0.1) is 5.10 Å². The Labute approximate surface area is 461 Å². The summed E-state index contributed by atoms with van der Waals surface area (Å²) in [7, 11) is 0. The van der Waals surface area contributed by atoms with Gasteiger partial charge in [0.1, 0.15) is 42.2 Å². The molecule has 438 valence electrons. The van der Waals surface area contributed by atoms with Crippen LogP contribution < -0.4 is 27.4 Å². The minimum absolute atomic E-state index is 0.0278. The number of H-pyrrole nitrogens is 1. The Morgan fingerprint density at radius 1 is 0.722 bits per heavy atom. The van der Waals surface area contributed by atoms with Crippen LogP contribution in [0.4, 0.5) is 16.4 Å². The third-order valence-corrected chi connectivity index (χ3v) is 12.8. The van der Waals surface area contributed by atoms with Crippen LogP contribution in [0.3, 0.4) is 0 Å². The topological polar surface area (TPSA) is 461 Å². The minimum Gasteiger partial charge on any atom is -0.444 e. The van der Waals surface area contributed by atoms with E-state index in [1.165, 1.54) is 9.80 Å². The molecule has 29 heteroatoms. The van der Waals surface area contributed by atoms with Gasteiger partial charge in [-0.2, -0.15) is 0 Å². The lowest BCUT2D eigenvalue weighted by Crippen LogP contribution is -2.54. The van der Waals surface area contributed by atoms with Gasteiger partial charge in [-0.25, -0.2) is 19.9 Å².